The lowest BCUT2D eigenvalue weighted by molar-refractivity contribution is 0.128. The number of piperidine rings is 2. The van der Waals surface area contributed by atoms with Gasteiger partial charge in [-0.3, -0.25) is 4.98 Å². The highest BCUT2D eigenvalue weighted by Crippen LogP contribution is 2.40. The zero-order valence-corrected chi connectivity index (χ0v) is 10.8. The largest absolute Gasteiger partial charge is 0.397 e. The second-order valence-electron chi connectivity index (χ2n) is 5.73. The van der Waals surface area contributed by atoms with E-state index in [-0.39, 0.29) is 0 Å². The van der Waals surface area contributed by atoms with Crippen LogP contribution in [0, 0.1) is 5.41 Å². The standard InChI is InChI=1S/C14H22N4/c15-12-9-17-6-2-11(12)13-1-3-14(10-18-13)4-7-16-8-5-14/h2,6,9,13,16,18H,1,3-5,7-8,10,15H2. The van der Waals surface area contributed by atoms with E-state index in [1.165, 1.54) is 44.3 Å². The third kappa shape index (κ3) is 2.22. The van der Waals surface area contributed by atoms with Gasteiger partial charge in [-0.25, -0.2) is 0 Å². The van der Waals surface area contributed by atoms with Crippen LogP contribution in [0.3, 0.4) is 0 Å². The monoisotopic (exact) mass is 246 g/mol. The van der Waals surface area contributed by atoms with Crippen LogP contribution in [0.2, 0.25) is 0 Å². The van der Waals surface area contributed by atoms with Crippen LogP contribution in [0.5, 0.6) is 0 Å². The van der Waals surface area contributed by atoms with Crippen molar-refractivity contribution >= 4 is 5.69 Å². The van der Waals surface area contributed by atoms with Gasteiger partial charge < -0.3 is 16.4 Å². The molecule has 0 bridgehead atoms. The molecule has 2 aliphatic rings. The van der Waals surface area contributed by atoms with E-state index in [4.69, 9.17) is 5.73 Å². The van der Waals surface area contributed by atoms with Gasteiger partial charge in [0.1, 0.15) is 0 Å². The number of anilines is 1. The van der Waals surface area contributed by atoms with Crippen molar-refractivity contribution in [2.45, 2.75) is 31.7 Å². The first-order valence-corrected chi connectivity index (χ1v) is 6.93. The van der Waals surface area contributed by atoms with Crippen LogP contribution < -0.4 is 16.4 Å². The summed E-state index contributed by atoms with van der Waals surface area (Å²) < 4.78 is 0. The van der Waals surface area contributed by atoms with Crippen molar-refractivity contribution < 1.29 is 0 Å². The molecule has 4 nitrogen and oxygen atoms in total. The highest BCUT2D eigenvalue weighted by molar-refractivity contribution is 5.45. The van der Waals surface area contributed by atoms with E-state index >= 15 is 0 Å². The molecule has 18 heavy (non-hydrogen) atoms. The Hall–Kier alpha value is -1.13. The Labute approximate surface area is 108 Å². The Morgan fingerprint density at radius 3 is 2.78 bits per heavy atom. The summed E-state index contributed by atoms with van der Waals surface area (Å²) in [7, 11) is 0. The number of nitrogens with zero attached hydrogens (tertiary/aromatic N) is 1. The van der Waals surface area contributed by atoms with Crippen LogP contribution in [0.25, 0.3) is 0 Å². The van der Waals surface area contributed by atoms with Crippen LogP contribution in [0.1, 0.15) is 37.3 Å². The number of hydrogen-bond donors (Lipinski definition) is 3. The van der Waals surface area contributed by atoms with Crippen molar-refractivity contribution in [2.24, 2.45) is 5.41 Å². The minimum atomic E-state index is 0.411. The molecule has 1 spiro atoms. The average Bonchev–Trinajstić information content (AvgIpc) is 2.42. The first kappa shape index (κ1) is 11.9. The Bertz CT molecular complexity index is 402. The molecular formula is C14H22N4. The van der Waals surface area contributed by atoms with E-state index in [1.54, 1.807) is 6.20 Å². The van der Waals surface area contributed by atoms with Crippen LogP contribution in [0.15, 0.2) is 18.5 Å². The van der Waals surface area contributed by atoms with Crippen molar-refractivity contribution in [1.82, 2.24) is 15.6 Å². The fourth-order valence-corrected chi connectivity index (χ4v) is 3.36. The molecule has 3 heterocycles. The van der Waals surface area contributed by atoms with E-state index in [2.05, 4.69) is 15.6 Å². The SMILES string of the molecule is Nc1cnccc1C1CCC2(CCNCC2)CN1. The van der Waals surface area contributed by atoms with Crippen LogP contribution in [-0.4, -0.2) is 24.6 Å². The number of nitrogens with one attached hydrogen (secondary N) is 2. The number of rotatable bonds is 1. The van der Waals surface area contributed by atoms with Crippen molar-refractivity contribution in [3.05, 3.63) is 24.0 Å². The molecule has 0 saturated carbocycles. The molecule has 3 rings (SSSR count). The Balaban J connectivity index is 1.68. The van der Waals surface area contributed by atoms with E-state index in [9.17, 15) is 0 Å². The normalized spacial score (nSPS) is 27.2. The summed E-state index contributed by atoms with van der Waals surface area (Å²) in [6.45, 7) is 3.47. The molecule has 2 fully saturated rings. The Morgan fingerprint density at radius 1 is 1.28 bits per heavy atom. The molecule has 0 amide bonds. The smallest absolute Gasteiger partial charge is 0.0549 e. The van der Waals surface area contributed by atoms with Gasteiger partial charge in [-0.2, -0.15) is 0 Å². The molecule has 0 radical (unpaired) electrons. The van der Waals surface area contributed by atoms with Gasteiger partial charge in [0.15, 0.2) is 0 Å². The maximum absolute atomic E-state index is 6.01. The maximum Gasteiger partial charge on any atom is 0.0549 e. The molecular weight excluding hydrogens is 224 g/mol. The second kappa shape index (κ2) is 4.86. The minimum absolute atomic E-state index is 0.411. The van der Waals surface area contributed by atoms with Gasteiger partial charge in [0, 0.05) is 18.8 Å². The Kier molecular flexibility index (Phi) is 3.22. The molecule has 0 aliphatic carbocycles. The topological polar surface area (TPSA) is 63.0 Å². The summed E-state index contributed by atoms with van der Waals surface area (Å²) in [4.78, 5) is 4.06. The zero-order valence-electron chi connectivity index (χ0n) is 10.8. The molecule has 2 aliphatic heterocycles. The fraction of sp³-hybridized carbons (Fsp3) is 0.643. The average molecular weight is 246 g/mol. The molecule has 2 saturated heterocycles. The molecule has 1 aromatic heterocycles. The number of nitrogen functional groups attached to an aromatic ring is 1. The lowest BCUT2D eigenvalue weighted by Crippen LogP contribution is -2.47. The quantitative estimate of drug-likeness (QED) is 0.702. The zero-order chi connectivity index (χ0) is 12.4. The summed E-state index contributed by atoms with van der Waals surface area (Å²) in [5.41, 5.74) is 8.57. The van der Waals surface area contributed by atoms with Gasteiger partial charge in [0.05, 0.1) is 11.9 Å². The molecule has 0 aromatic carbocycles. The van der Waals surface area contributed by atoms with Gasteiger partial charge in [0.25, 0.3) is 0 Å². The highest BCUT2D eigenvalue weighted by Gasteiger charge is 2.36. The lowest BCUT2D eigenvalue weighted by Gasteiger charge is -2.44. The first-order chi connectivity index (χ1) is 8.79. The van der Waals surface area contributed by atoms with Gasteiger partial charge in [0.2, 0.25) is 0 Å². The predicted molar refractivity (Wildman–Crippen MR) is 73.2 cm³/mol. The summed E-state index contributed by atoms with van der Waals surface area (Å²) >= 11 is 0. The minimum Gasteiger partial charge on any atom is -0.397 e. The van der Waals surface area contributed by atoms with Gasteiger partial charge in [-0.15, -0.1) is 0 Å². The van der Waals surface area contributed by atoms with Gasteiger partial charge in [-0.1, -0.05) is 0 Å². The van der Waals surface area contributed by atoms with Gasteiger partial charge in [-0.05, 0) is 55.8 Å². The van der Waals surface area contributed by atoms with E-state index in [0.717, 1.165) is 12.2 Å². The van der Waals surface area contributed by atoms with E-state index < -0.39 is 0 Å². The second-order valence-corrected chi connectivity index (χ2v) is 5.73. The number of hydrogen-bond acceptors (Lipinski definition) is 4. The lowest BCUT2D eigenvalue weighted by atomic mass is 9.71. The highest BCUT2D eigenvalue weighted by atomic mass is 15.0. The third-order valence-electron chi connectivity index (χ3n) is 4.61. The molecule has 1 unspecified atom stereocenters. The van der Waals surface area contributed by atoms with Crippen LogP contribution in [0.4, 0.5) is 5.69 Å². The van der Waals surface area contributed by atoms with Crippen molar-refractivity contribution in [1.29, 1.82) is 0 Å². The van der Waals surface area contributed by atoms with Crippen molar-refractivity contribution in [3.8, 4) is 0 Å². The van der Waals surface area contributed by atoms with Crippen molar-refractivity contribution in [3.63, 3.8) is 0 Å². The van der Waals surface area contributed by atoms with Crippen LogP contribution in [-0.2, 0) is 0 Å². The molecule has 1 aromatic rings. The number of nitrogens with two attached hydrogens (primary N) is 1. The summed E-state index contributed by atoms with van der Waals surface area (Å²) in [6, 6.07) is 2.46. The molecule has 1 atom stereocenters. The summed E-state index contributed by atoms with van der Waals surface area (Å²) in [5.74, 6) is 0. The predicted octanol–water partition coefficient (Wildman–Crippen LogP) is 1.46. The van der Waals surface area contributed by atoms with Gasteiger partial charge >= 0.3 is 0 Å². The Morgan fingerprint density at radius 2 is 2.11 bits per heavy atom. The van der Waals surface area contributed by atoms with Crippen molar-refractivity contribution in [2.75, 3.05) is 25.4 Å². The van der Waals surface area contributed by atoms with E-state index in [1.807, 2.05) is 12.3 Å². The number of pyridine rings is 1. The number of aromatic nitrogens is 1. The van der Waals surface area contributed by atoms with Crippen LogP contribution >= 0.6 is 0 Å². The molecule has 98 valence electrons. The summed E-state index contributed by atoms with van der Waals surface area (Å²) in [6.07, 6.45) is 8.70. The first-order valence-electron chi connectivity index (χ1n) is 6.93. The summed E-state index contributed by atoms with van der Waals surface area (Å²) in [5, 5.41) is 7.15. The maximum atomic E-state index is 6.01. The third-order valence-corrected chi connectivity index (χ3v) is 4.61. The molecule has 4 heteroatoms. The fourth-order valence-electron chi connectivity index (χ4n) is 3.36. The molecule has 4 N–H and O–H groups in total. The van der Waals surface area contributed by atoms with E-state index in [0.29, 0.717) is 11.5 Å².